The summed E-state index contributed by atoms with van der Waals surface area (Å²) >= 11 is 0. The summed E-state index contributed by atoms with van der Waals surface area (Å²) in [6.07, 6.45) is 5.96. The third-order valence-electron chi connectivity index (χ3n) is 2.70. The van der Waals surface area contributed by atoms with Gasteiger partial charge in [0.05, 0.1) is 0 Å². The molecule has 1 unspecified atom stereocenters. The fourth-order valence-electron chi connectivity index (χ4n) is 1.75. The largest absolute Gasteiger partial charge is 0.299 e. The maximum Gasteiger partial charge on any atom is 0.138 e. The van der Waals surface area contributed by atoms with Gasteiger partial charge < -0.3 is 0 Å². The first-order chi connectivity index (χ1) is 6.27. The molecule has 0 amide bonds. The number of carbonyl (C=O) groups excluding carboxylic acids is 1. The zero-order valence-corrected chi connectivity index (χ0v) is 8.62. The second-order valence-corrected chi connectivity index (χ2v) is 3.65. The number of Topliss-reactive ketones (excluding diaryl/α,β-unsaturated/α-hetero) is 1. The van der Waals surface area contributed by atoms with E-state index in [1.165, 1.54) is 0 Å². The Labute approximate surface area is 80.6 Å². The van der Waals surface area contributed by atoms with Crippen LogP contribution in [0.1, 0.15) is 26.7 Å². The number of hydrogen-bond donors (Lipinski definition) is 0. The predicted octanol–water partition coefficient (Wildman–Crippen LogP) is 1.86. The van der Waals surface area contributed by atoms with Crippen molar-refractivity contribution in [2.75, 3.05) is 19.6 Å². The van der Waals surface area contributed by atoms with Gasteiger partial charge in [0.15, 0.2) is 0 Å². The highest BCUT2D eigenvalue weighted by Gasteiger charge is 2.24. The summed E-state index contributed by atoms with van der Waals surface area (Å²) in [6, 6.07) is 0. The number of carbonyl (C=O) groups is 1. The van der Waals surface area contributed by atoms with Crippen LogP contribution in [-0.4, -0.2) is 30.3 Å². The van der Waals surface area contributed by atoms with Crippen molar-refractivity contribution in [3.05, 3.63) is 12.2 Å². The summed E-state index contributed by atoms with van der Waals surface area (Å²) in [6.45, 7) is 7.04. The van der Waals surface area contributed by atoms with Crippen molar-refractivity contribution in [3.8, 4) is 0 Å². The van der Waals surface area contributed by atoms with Crippen molar-refractivity contribution < 1.29 is 4.79 Å². The molecule has 2 nitrogen and oxygen atoms in total. The lowest BCUT2D eigenvalue weighted by atomic mass is 9.94. The third-order valence-corrected chi connectivity index (χ3v) is 2.70. The van der Waals surface area contributed by atoms with Gasteiger partial charge in [-0.25, -0.2) is 0 Å². The first kappa shape index (κ1) is 10.5. The van der Waals surface area contributed by atoms with E-state index in [1.807, 2.05) is 6.92 Å². The van der Waals surface area contributed by atoms with Crippen molar-refractivity contribution in [1.82, 2.24) is 4.90 Å². The Hall–Kier alpha value is -0.630. The Morgan fingerprint density at radius 1 is 1.62 bits per heavy atom. The van der Waals surface area contributed by atoms with Crippen LogP contribution < -0.4 is 0 Å². The van der Waals surface area contributed by atoms with Crippen molar-refractivity contribution >= 4 is 5.78 Å². The summed E-state index contributed by atoms with van der Waals surface area (Å²) in [5, 5.41) is 0. The van der Waals surface area contributed by atoms with Gasteiger partial charge >= 0.3 is 0 Å². The molecule has 74 valence electrons. The van der Waals surface area contributed by atoms with E-state index >= 15 is 0 Å². The number of piperidine rings is 1. The molecular weight excluding hydrogens is 162 g/mol. The smallest absolute Gasteiger partial charge is 0.138 e. The van der Waals surface area contributed by atoms with Gasteiger partial charge in [-0.3, -0.25) is 9.69 Å². The van der Waals surface area contributed by atoms with E-state index in [4.69, 9.17) is 0 Å². The average Bonchev–Trinajstić information content (AvgIpc) is 2.16. The highest BCUT2D eigenvalue weighted by molar-refractivity contribution is 5.82. The van der Waals surface area contributed by atoms with E-state index in [9.17, 15) is 4.79 Å². The molecule has 0 aromatic rings. The monoisotopic (exact) mass is 181 g/mol. The molecule has 0 spiro atoms. The minimum Gasteiger partial charge on any atom is -0.299 e. The maximum absolute atomic E-state index is 11.4. The lowest BCUT2D eigenvalue weighted by molar-refractivity contribution is -0.126. The maximum atomic E-state index is 11.4. The Balaban J connectivity index is 2.40. The Bertz CT molecular complexity index is 198. The normalized spacial score (nSPS) is 25.7. The molecule has 2 heteroatoms. The van der Waals surface area contributed by atoms with Gasteiger partial charge in [0.25, 0.3) is 0 Å². The summed E-state index contributed by atoms with van der Waals surface area (Å²) in [7, 11) is 0. The fraction of sp³-hybridized carbons (Fsp3) is 0.727. The van der Waals surface area contributed by atoms with Crippen molar-refractivity contribution in [1.29, 1.82) is 0 Å². The molecule has 0 aromatic carbocycles. The van der Waals surface area contributed by atoms with Crippen LogP contribution in [0.25, 0.3) is 0 Å². The zero-order valence-electron chi connectivity index (χ0n) is 8.62. The molecule has 1 atom stereocenters. The Kier molecular flexibility index (Phi) is 4.16. The standard InChI is InChI=1S/C11H19NO/c1-3-5-7-12-8-6-11(13)10(4-2)9-12/h3,5,10H,4,6-9H2,1-2H3/b5-3+. The van der Waals surface area contributed by atoms with E-state index in [1.54, 1.807) is 0 Å². The van der Waals surface area contributed by atoms with Gasteiger partial charge in [-0.05, 0) is 13.3 Å². The quantitative estimate of drug-likeness (QED) is 0.619. The van der Waals surface area contributed by atoms with Gasteiger partial charge in [-0.1, -0.05) is 19.1 Å². The predicted molar refractivity (Wildman–Crippen MR) is 54.7 cm³/mol. The van der Waals surface area contributed by atoms with Gasteiger partial charge in [0.1, 0.15) is 5.78 Å². The van der Waals surface area contributed by atoms with Crippen LogP contribution in [0.4, 0.5) is 0 Å². The topological polar surface area (TPSA) is 20.3 Å². The number of likely N-dealkylation sites (tertiary alicyclic amines) is 1. The third kappa shape index (κ3) is 2.96. The SMILES string of the molecule is C/C=C/CN1CCC(=O)C(CC)C1. The molecule has 1 aliphatic rings. The molecular formula is C11H19NO. The van der Waals surface area contributed by atoms with E-state index in [0.717, 1.165) is 32.5 Å². The van der Waals surface area contributed by atoms with E-state index in [2.05, 4.69) is 24.0 Å². The molecule has 1 heterocycles. The minimum absolute atomic E-state index is 0.291. The fourth-order valence-corrected chi connectivity index (χ4v) is 1.75. The van der Waals surface area contributed by atoms with E-state index in [0.29, 0.717) is 11.7 Å². The number of rotatable bonds is 3. The molecule has 1 aliphatic heterocycles. The highest BCUT2D eigenvalue weighted by atomic mass is 16.1. The molecule has 0 saturated carbocycles. The lowest BCUT2D eigenvalue weighted by Gasteiger charge is -2.30. The number of hydrogen-bond acceptors (Lipinski definition) is 2. The minimum atomic E-state index is 0.291. The molecule has 1 fully saturated rings. The van der Waals surface area contributed by atoms with Crippen LogP contribution in [0, 0.1) is 5.92 Å². The molecule has 0 radical (unpaired) electrons. The van der Waals surface area contributed by atoms with Crippen LogP contribution in [0.15, 0.2) is 12.2 Å². The Morgan fingerprint density at radius 2 is 2.38 bits per heavy atom. The Morgan fingerprint density at radius 3 is 3.00 bits per heavy atom. The van der Waals surface area contributed by atoms with Gasteiger partial charge in [-0.2, -0.15) is 0 Å². The van der Waals surface area contributed by atoms with Crippen molar-refractivity contribution in [3.63, 3.8) is 0 Å². The highest BCUT2D eigenvalue weighted by Crippen LogP contribution is 2.15. The molecule has 0 aliphatic carbocycles. The molecule has 13 heavy (non-hydrogen) atoms. The van der Waals surface area contributed by atoms with Gasteiger partial charge in [0, 0.05) is 32.0 Å². The summed E-state index contributed by atoms with van der Waals surface area (Å²) in [5.41, 5.74) is 0. The second kappa shape index (κ2) is 5.18. The van der Waals surface area contributed by atoms with Crippen molar-refractivity contribution in [2.24, 2.45) is 5.92 Å². The molecule has 0 aromatic heterocycles. The van der Waals surface area contributed by atoms with Crippen LogP contribution >= 0.6 is 0 Å². The first-order valence-corrected chi connectivity index (χ1v) is 5.14. The average molecular weight is 181 g/mol. The van der Waals surface area contributed by atoms with E-state index < -0.39 is 0 Å². The van der Waals surface area contributed by atoms with Crippen LogP contribution in [0.3, 0.4) is 0 Å². The van der Waals surface area contributed by atoms with Gasteiger partial charge in [0.2, 0.25) is 0 Å². The number of allylic oxidation sites excluding steroid dienone is 1. The number of ketones is 1. The molecule has 1 saturated heterocycles. The summed E-state index contributed by atoms with van der Waals surface area (Å²) in [5.74, 6) is 0.748. The molecule has 1 rings (SSSR count). The zero-order chi connectivity index (χ0) is 9.68. The van der Waals surface area contributed by atoms with Crippen LogP contribution in [0.5, 0.6) is 0 Å². The van der Waals surface area contributed by atoms with Crippen LogP contribution in [-0.2, 0) is 4.79 Å². The molecule has 0 bridgehead atoms. The second-order valence-electron chi connectivity index (χ2n) is 3.65. The van der Waals surface area contributed by atoms with E-state index in [-0.39, 0.29) is 0 Å². The summed E-state index contributed by atoms with van der Waals surface area (Å²) in [4.78, 5) is 13.8. The lowest BCUT2D eigenvalue weighted by Crippen LogP contribution is -2.40. The van der Waals surface area contributed by atoms with Crippen molar-refractivity contribution in [2.45, 2.75) is 26.7 Å². The number of nitrogens with zero attached hydrogens (tertiary/aromatic N) is 1. The first-order valence-electron chi connectivity index (χ1n) is 5.14. The van der Waals surface area contributed by atoms with Crippen LogP contribution in [0.2, 0.25) is 0 Å². The van der Waals surface area contributed by atoms with Gasteiger partial charge in [-0.15, -0.1) is 0 Å². The summed E-state index contributed by atoms with van der Waals surface area (Å²) < 4.78 is 0. The molecule has 0 N–H and O–H groups in total.